The average molecular weight is 511 g/mol. The third-order valence-electron chi connectivity index (χ3n) is 5.22. The number of aromatic nitrogens is 3. The molecule has 2 aromatic heterocycles. The molecule has 0 saturated carbocycles. The van der Waals surface area contributed by atoms with Crippen LogP contribution in [0.1, 0.15) is 11.3 Å². The second-order valence-corrected chi connectivity index (χ2v) is 8.13. The molecule has 0 aliphatic rings. The first-order valence-corrected chi connectivity index (χ1v) is 11.3. The predicted octanol–water partition coefficient (Wildman–Crippen LogP) is 4.91. The number of rotatable bonds is 9. The molecule has 184 valence electrons. The lowest BCUT2D eigenvalue weighted by Crippen LogP contribution is -2.33. The number of pyridine rings is 1. The van der Waals surface area contributed by atoms with Crippen molar-refractivity contribution in [2.24, 2.45) is 0 Å². The number of hydrogen-bond donors (Lipinski definition) is 1. The topological polar surface area (TPSA) is 86.1 Å². The highest BCUT2D eigenvalue weighted by molar-refractivity contribution is 6.32. The molecule has 0 saturated heterocycles. The Morgan fingerprint density at radius 2 is 1.67 bits per heavy atom. The van der Waals surface area contributed by atoms with Crippen LogP contribution < -0.4 is 10.9 Å². The number of carbonyl (C=O) groups excluding carboxylic acids is 1. The summed E-state index contributed by atoms with van der Waals surface area (Å²) >= 11 is 6.40. The molecule has 0 aliphatic carbocycles. The molecule has 2 aromatic carbocycles. The first kappa shape index (κ1) is 25.0. The van der Waals surface area contributed by atoms with Crippen molar-refractivity contribution in [3.8, 4) is 11.3 Å². The number of esters is 1. The maximum atomic E-state index is 14.6. The smallest absolute Gasteiger partial charge is 0.326 e. The minimum Gasteiger partial charge on any atom is -0.459 e. The van der Waals surface area contributed by atoms with E-state index in [0.717, 1.165) is 10.1 Å². The molecule has 4 aromatic rings. The van der Waals surface area contributed by atoms with E-state index in [0.29, 0.717) is 5.56 Å². The van der Waals surface area contributed by atoms with Crippen LogP contribution >= 0.6 is 11.6 Å². The quantitative estimate of drug-likeness (QED) is 0.322. The van der Waals surface area contributed by atoms with Crippen LogP contribution in [0, 0.1) is 0 Å². The number of nitrogens with one attached hydrogen (secondary N) is 1. The van der Waals surface area contributed by atoms with Gasteiger partial charge in [-0.05, 0) is 17.7 Å². The van der Waals surface area contributed by atoms with Crippen molar-refractivity contribution in [3.63, 3.8) is 0 Å². The largest absolute Gasteiger partial charge is 0.459 e. The molecule has 0 aliphatic heterocycles. The van der Waals surface area contributed by atoms with Gasteiger partial charge in [0.05, 0.1) is 12.2 Å². The van der Waals surface area contributed by atoms with Gasteiger partial charge in [0.25, 0.3) is 5.56 Å². The minimum atomic E-state index is -3.39. The number of ether oxygens (including phenoxy) is 1. The predicted molar refractivity (Wildman–Crippen MR) is 132 cm³/mol. The van der Waals surface area contributed by atoms with Crippen LogP contribution in [0.2, 0.25) is 5.15 Å². The van der Waals surface area contributed by atoms with E-state index in [1.54, 1.807) is 42.5 Å². The molecular weight excluding hydrogens is 490 g/mol. The van der Waals surface area contributed by atoms with E-state index < -0.39 is 42.1 Å². The molecule has 0 amide bonds. The molecule has 0 spiro atoms. The molecule has 36 heavy (non-hydrogen) atoms. The Morgan fingerprint density at radius 1 is 1.00 bits per heavy atom. The Hall–Kier alpha value is -4.11. The SMILES string of the molecule is O=C(Cn1c(-c2ccccc2)c(Cl)nc(NCC(F)(F)c2ccccn2)c1=O)OCc1ccccc1. The molecule has 4 rings (SSSR count). The van der Waals surface area contributed by atoms with E-state index in [1.807, 2.05) is 18.2 Å². The highest BCUT2D eigenvalue weighted by Gasteiger charge is 2.33. The summed E-state index contributed by atoms with van der Waals surface area (Å²) in [6.45, 7) is -1.44. The summed E-state index contributed by atoms with van der Waals surface area (Å²) in [5, 5.41) is 2.23. The van der Waals surface area contributed by atoms with Crippen LogP contribution in [-0.4, -0.2) is 27.0 Å². The number of anilines is 1. The Bertz CT molecular complexity index is 1390. The van der Waals surface area contributed by atoms with Crippen LogP contribution in [0.25, 0.3) is 11.3 Å². The maximum Gasteiger partial charge on any atom is 0.326 e. The lowest BCUT2D eigenvalue weighted by molar-refractivity contribution is -0.145. The number of halogens is 3. The fraction of sp³-hybridized carbons (Fsp3) is 0.154. The highest BCUT2D eigenvalue weighted by atomic mass is 35.5. The van der Waals surface area contributed by atoms with Crippen LogP contribution in [0.5, 0.6) is 0 Å². The summed E-state index contributed by atoms with van der Waals surface area (Å²) in [6, 6.07) is 21.8. The van der Waals surface area contributed by atoms with Gasteiger partial charge in [-0.25, -0.2) is 4.98 Å². The number of nitrogens with zero attached hydrogens (tertiary/aromatic N) is 3. The summed E-state index contributed by atoms with van der Waals surface area (Å²) < 4.78 is 35.6. The van der Waals surface area contributed by atoms with Crippen molar-refractivity contribution >= 4 is 23.4 Å². The molecule has 7 nitrogen and oxygen atoms in total. The second-order valence-electron chi connectivity index (χ2n) is 7.78. The van der Waals surface area contributed by atoms with E-state index in [4.69, 9.17) is 16.3 Å². The van der Waals surface area contributed by atoms with Crippen molar-refractivity contribution in [3.05, 3.63) is 112 Å². The van der Waals surface area contributed by atoms with Crippen LogP contribution in [-0.2, 0) is 28.6 Å². The molecule has 2 heterocycles. The molecule has 0 fully saturated rings. The van der Waals surface area contributed by atoms with Gasteiger partial charge in [0.1, 0.15) is 18.8 Å². The van der Waals surface area contributed by atoms with Crippen molar-refractivity contribution < 1.29 is 18.3 Å². The summed E-state index contributed by atoms with van der Waals surface area (Å²) in [4.78, 5) is 33.6. The molecule has 0 bridgehead atoms. The normalized spacial score (nSPS) is 11.2. The monoisotopic (exact) mass is 510 g/mol. The number of hydrogen-bond acceptors (Lipinski definition) is 6. The van der Waals surface area contributed by atoms with Crippen molar-refractivity contribution in [1.82, 2.24) is 14.5 Å². The van der Waals surface area contributed by atoms with Crippen LogP contribution in [0.4, 0.5) is 14.6 Å². The van der Waals surface area contributed by atoms with Crippen LogP contribution in [0.3, 0.4) is 0 Å². The van der Waals surface area contributed by atoms with Gasteiger partial charge in [0, 0.05) is 11.8 Å². The molecule has 0 unspecified atom stereocenters. The maximum absolute atomic E-state index is 14.6. The van der Waals surface area contributed by atoms with E-state index in [1.165, 1.54) is 24.4 Å². The average Bonchev–Trinajstić information content (AvgIpc) is 2.90. The molecular formula is C26H21ClF2N4O3. The number of carbonyl (C=O) groups is 1. The first-order chi connectivity index (χ1) is 17.3. The summed E-state index contributed by atoms with van der Waals surface area (Å²) in [6.07, 6.45) is 1.25. The fourth-order valence-corrected chi connectivity index (χ4v) is 3.75. The van der Waals surface area contributed by atoms with E-state index in [2.05, 4.69) is 15.3 Å². The van der Waals surface area contributed by atoms with Crippen molar-refractivity contribution in [2.45, 2.75) is 19.1 Å². The molecule has 0 radical (unpaired) electrons. The van der Waals surface area contributed by atoms with Gasteiger partial charge in [-0.3, -0.25) is 19.1 Å². The lowest BCUT2D eigenvalue weighted by atomic mass is 10.1. The molecule has 1 N–H and O–H groups in total. The molecule has 10 heteroatoms. The van der Waals surface area contributed by atoms with Crippen molar-refractivity contribution in [2.75, 3.05) is 11.9 Å². The third kappa shape index (κ3) is 5.92. The van der Waals surface area contributed by atoms with E-state index in [-0.39, 0.29) is 17.5 Å². The standard InChI is InChI=1S/C26H21ClF2N4O3/c27-23-22(19-11-5-2-6-12-19)33(15-21(34)36-16-18-9-3-1-4-10-18)25(35)24(32-23)31-17-26(28,29)20-13-7-8-14-30-20/h1-14H,15-17H2,(H,31,32). The van der Waals surface area contributed by atoms with E-state index >= 15 is 0 Å². The summed E-state index contributed by atoms with van der Waals surface area (Å²) in [5.74, 6) is -4.52. The Balaban J connectivity index is 1.63. The summed E-state index contributed by atoms with van der Waals surface area (Å²) in [7, 11) is 0. The minimum absolute atomic E-state index is 0.00924. The Morgan fingerprint density at radius 3 is 2.33 bits per heavy atom. The Labute approximate surface area is 210 Å². The summed E-state index contributed by atoms with van der Waals surface area (Å²) in [5.41, 5.74) is 0.198. The lowest BCUT2D eigenvalue weighted by Gasteiger charge is -2.19. The van der Waals surface area contributed by atoms with Crippen LogP contribution in [0.15, 0.2) is 89.9 Å². The third-order valence-corrected chi connectivity index (χ3v) is 5.48. The van der Waals surface area contributed by atoms with Gasteiger partial charge in [-0.1, -0.05) is 78.3 Å². The van der Waals surface area contributed by atoms with Gasteiger partial charge in [0.15, 0.2) is 11.0 Å². The van der Waals surface area contributed by atoms with Crippen molar-refractivity contribution in [1.29, 1.82) is 0 Å². The number of benzene rings is 2. The van der Waals surface area contributed by atoms with Gasteiger partial charge in [-0.15, -0.1) is 0 Å². The van der Waals surface area contributed by atoms with Gasteiger partial charge < -0.3 is 10.1 Å². The van der Waals surface area contributed by atoms with Gasteiger partial charge in [0.2, 0.25) is 0 Å². The number of alkyl halides is 2. The zero-order valence-electron chi connectivity index (χ0n) is 18.9. The molecule has 0 atom stereocenters. The zero-order valence-corrected chi connectivity index (χ0v) is 19.7. The first-order valence-electron chi connectivity index (χ1n) is 10.9. The Kier molecular flexibility index (Phi) is 7.70. The van der Waals surface area contributed by atoms with Gasteiger partial charge >= 0.3 is 11.9 Å². The second kappa shape index (κ2) is 11.1. The van der Waals surface area contributed by atoms with E-state index in [9.17, 15) is 18.4 Å². The zero-order chi connectivity index (χ0) is 25.5. The fourth-order valence-electron chi connectivity index (χ4n) is 3.45. The highest BCUT2D eigenvalue weighted by Crippen LogP contribution is 2.28. The van der Waals surface area contributed by atoms with Gasteiger partial charge in [-0.2, -0.15) is 8.78 Å².